The van der Waals surface area contributed by atoms with E-state index in [1.54, 1.807) is 32.9 Å². The second-order valence-electron chi connectivity index (χ2n) is 5.86. The molecule has 132 valence electrons. The van der Waals surface area contributed by atoms with Crippen molar-refractivity contribution in [3.63, 3.8) is 0 Å². The molecule has 1 amide bonds. The highest BCUT2D eigenvalue weighted by atomic mass is 35.5. The summed E-state index contributed by atoms with van der Waals surface area (Å²) in [4.78, 5) is 12.4. The number of amides is 1. The Labute approximate surface area is 156 Å². The topological polar surface area (TPSA) is 78.1 Å². The molecule has 2 N–H and O–H groups in total. The second-order valence-corrected chi connectivity index (χ2v) is 6.71. The number of rotatable bonds is 5. The summed E-state index contributed by atoms with van der Waals surface area (Å²) < 4.78 is 5.46. The smallest absolute Gasteiger partial charge is 0.243 e. The zero-order chi connectivity index (χ0) is 18.7. The lowest BCUT2D eigenvalue weighted by molar-refractivity contribution is -0.118. The van der Waals surface area contributed by atoms with Crippen LogP contribution in [0.2, 0.25) is 10.0 Å². The molecule has 1 heterocycles. The molecule has 2 unspecified atom stereocenters. The molecule has 0 bridgehead atoms. The summed E-state index contributed by atoms with van der Waals surface area (Å²) in [7, 11) is 0. The van der Waals surface area contributed by atoms with Crippen LogP contribution >= 0.6 is 23.2 Å². The normalized spacial score (nSPS) is 13.2. The quantitative estimate of drug-likeness (QED) is 0.785. The predicted molar refractivity (Wildman–Crippen MR) is 99.0 cm³/mol. The Hall–Kier alpha value is -2.00. The van der Waals surface area contributed by atoms with E-state index in [9.17, 15) is 10.1 Å². The van der Waals surface area contributed by atoms with Crippen LogP contribution in [0.25, 0.3) is 0 Å². The van der Waals surface area contributed by atoms with E-state index in [0.717, 1.165) is 11.1 Å². The molecule has 0 aliphatic heterocycles. The summed E-state index contributed by atoms with van der Waals surface area (Å²) in [6.45, 7) is 7.16. The van der Waals surface area contributed by atoms with Crippen LogP contribution < -0.4 is 10.6 Å². The lowest BCUT2D eigenvalue weighted by atomic mass is 10.1. The Morgan fingerprint density at radius 3 is 2.56 bits per heavy atom. The Morgan fingerprint density at radius 1 is 1.28 bits per heavy atom. The molecule has 0 spiro atoms. The summed E-state index contributed by atoms with van der Waals surface area (Å²) in [5, 5.41) is 16.1. The molecule has 1 aromatic heterocycles. The molecule has 0 aliphatic rings. The number of furan rings is 1. The number of hydrogen-bond donors (Lipinski definition) is 2. The molecule has 0 fully saturated rings. The first kappa shape index (κ1) is 19.3. The lowest BCUT2D eigenvalue weighted by Crippen LogP contribution is -2.39. The van der Waals surface area contributed by atoms with E-state index < -0.39 is 6.04 Å². The number of halogens is 2. The maximum absolute atomic E-state index is 12.4. The van der Waals surface area contributed by atoms with Gasteiger partial charge in [-0.1, -0.05) is 29.3 Å². The number of aryl methyl sites for hydroxylation is 1. The minimum Gasteiger partial charge on any atom is -0.444 e. The highest BCUT2D eigenvalue weighted by Gasteiger charge is 2.22. The number of nitrogens with zero attached hydrogens (tertiary/aromatic N) is 1. The van der Waals surface area contributed by atoms with Crippen molar-refractivity contribution < 1.29 is 9.21 Å². The third-order valence-corrected chi connectivity index (χ3v) is 4.62. The molecule has 2 rings (SSSR count). The van der Waals surface area contributed by atoms with Crippen LogP contribution in [0.4, 0.5) is 5.88 Å². The van der Waals surface area contributed by atoms with Gasteiger partial charge in [0.1, 0.15) is 17.4 Å². The maximum Gasteiger partial charge on any atom is 0.243 e. The van der Waals surface area contributed by atoms with Crippen molar-refractivity contribution in [1.29, 1.82) is 5.26 Å². The van der Waals surface area contributed by atoms with E-state index in [2.05, 4.69) is 10.6 Å². The average Bonchev–Trinajstić information content (AvgIpc) is 2.80. The molecule has 0 saturated heterocycles. The first-order valence-electron chi connectivity index (χ1n) is 7.76. The average molecular weight is 380 g/mol. The molecule has 0 aliphatic carbocycles. The highest BCUT2D eigenvalue weighted by molar-refractivity contribution is 6.35. The number of carbonyl (C=O) groups excluding carboxylic acids is 1. The number of nitrogens with one attached hydrogen (secondary N) is 2. The largest absolute Gasteiger partial charge is 0.444 e. The van der Waals surface area contributed by atoms with E-state index in [1.807, 2.05) is 19.1 Å². The van der Waals surface area contributed by atoms with Gasteiger partial charge in [-0.25, -0.2) is 0 Å². The van der Waals surface area contributed by atoms with Crippen LogP contribution in [0.1, 0.15) is 42.3 Å². The van der Waals surface area contributed by atoms with Crippen LogP contribution in [0.3, 0.4) is 0 Å². The summed E-state index contributed by atoms with van der Waals surface area (Å²) in [6.07, 6.45) is 0. The van der Waals surface area contributed by atoms with Crippen LogP contribution in [0, 0.1) is 25.2 Å². The van der Waals surface area contributed by atoms with Crippen molar-refractivity contribution in [2.45, 2.75) is 39.8 Å². The van der Waals surface area contributed by atoms with Gasteiger partial charge < -0.3 is 4.42 Å². The number of anilines is 1. The van der Waals surface area contributed by atoms with E-state index in [-0.39, 0.29) is 17.8 Å². The van der Waals surface area contributed by atoms with Gasteiger partial charge in [0.2, 0.25) is 11.8 Å². The van der Waals surface area contributed by atoms with Crippen molar-refractivity contribution in [2.24, 2.45) is 0 Å². The first-order chi connectivity index (χ1) is 11.7. The molecular formula is C18H19Cl2N3O2. The summed E-state index contributed by atoms with van der Waals surface area (Å²) in [5.74, 6) is 0.476. The predicted octanol–water partition coefficient (Wildman–Crippen LogP) is 4.75. The number of nitriles is 1. The number of hydrogen-bond acceptors (Lipinski definition) is 4. The van der Waals surface area contributed by atoms with Gasteiger partial charge in [0.15, 0.2) is 0 Å². The number of benzene rings is 1. The van der Waals surface area contributed by atoms with Crippen molar-refractivity contribution in [3.8, 4) is 6.07 Å². The third-order valence-electron chi connectivity index (χ3n) is 4.06. The molecule has 0 saturated carbocycles. The first-order valence-corrected chi connectivity index (χ1v) is 8.52. The van der Waals surface area contributed by atoms with E-state index in [0.29, 0.717) is 21.4 Å². The molecule has 2 aromatic rings. The molecule has 25 heavy (non-hydrogen) atoms. The van der Waals surface area contributed by atoms with Gasteiger partial charge in [0.05, 0.1) is 6.04 Å². The molecule has 5 nitrogen and oxygen atoms in total. The van der Waals surface area contributed by atoms with Crippen LogP contribution in [0.15, 0.2) is 22.6 Å². The fourth-order valence-electron chi connectivity index (χ4n) is 2.46. The summed E-state index contributed by atoms with van der Waals surface area (Å²) >= 11 is 12.1. The molecule has 0 radical (unpaired) electrons. The lowest BCUT2D eigenvalue weighted by Gasteiger charge is -2.20. The monoisotopic (exact) mass is 379 g/mol. The Kier molecular flexibility index (Phi) is 6.12. The minimum atomic E-state index is -0.529. The summed E-state index contributed by atoms with van der Waals surface area (Å²) in [6, 6.07) is 6.59. The Bertz CT molecular complexity index is 840. The number of carbonyl (C=O) groups is 1. The van der Waals surface area contributed by atoms with Crippen molar-refractivity contribution in [1.82, 2.24) is 5.32 Å². The maximum atomic E-state index is 12.4. The van der Waals surface area contributed by atoms with Gasteiger partial charge in [-0.2, -0.15) is 5.26 Å². The SMILES string of the molecule is Cc1oc(NC(=O)C(C)NC(C)c2ccc(Cl)cc2Cl)c(C#N)c1C. The van der Waals surface area contributed by atoms with Crippen LogP contribution in [-0.2, 0) is 4.79 Å². The Balaban J connectivity index is 2.08. The molecular weight excluding hydrogens is 361 g/mol. The van der Waals surface area contributed by atoms with Crippen LogP contribution in [0.5, 0.6) is 0 Å². The van der Waals surface area contributed by atoms with E-state index >= 15 is 0 Å². The summed E-state index contributed by atoms with van der Waals surface area (Å²) in [5.41, 5.74) is 1.90. The molecule has 1 aromatic carbocycles. The highest BCUT2D eigenvalue weighted by Crippen LogP contribution is 2.27. The van der Waals surface area contributed by atoms with Gasteiger partial charge in [-0.15, -0.1) is 0 Å². The van der Waals surface area contributed by atoms with Gasteiger partial charge in [0.25, 0.3) is 0 Å². The van der Waals surface area contributed by atoms with Crippen molar-refractivity contribution in [2.75, 3.05) is 5.32 Å². The third kappa shape index (κ3) is 4.35. The van der Waals surface area contributed by atoms with Gasteiger partial charge in [-0.3, -0.25) is 15.4 Å². The zero-order valence-corrected chi connectivity index (χ0v) is 15.9. The Morgan fingerprint density at radius 2 is 1.96 bits per heavy atom. The fourth-order valence-corrected chi connectivity index (χ4v) is 3.04. The minimum absolute atomic E-state index is 0.166. The van der Waals surface area contributed by atoms with Crippen molar-refractivity contribution >= 4 is 35.0 Å². The van der Waals surface area contributed by atoms with Crippen molar-refractivity contribution in [3.05, 3.63) is 50.7 Å². The fraction of sp³-hybridized carbons (Fsp3) is 0.333. The van der Waals surface area contributed by atoms with E-state index in [4.69, 9.17) is 27.6 Å². The van der Waals surface area contributed by atoms with Crippen LogP contribution in [-0.4, -0.2) is 11.9 Å². The standard InChI is InChI=1S/C18H19Cl2N3O2/c1-9-12(4)25-18(15(9)8-21)23-17(24)11(3)22-10(2)14-6-5-13(19)7-16(14)20/h5-7,10-11,22H,1-4H3,(H,23,24). The van der Waals surface area contributed by atoms with Gasteiger partial charge in [-0.05, 0) is 45.4 Å². The second kappa shape index (κ2) is 7.92. The van der Waals surface area contributed by atoms with Gasteiger partial charge >= 0.3 is 0 Å². The van der Waals surface area contributed by atoms with Gasteiger partial charge in [0, 0.05) is 21.7 Å². The molecule has 7 heteroatoms. The zero-order valence-electron chi connectivity index (χ0n) is 14.4. The molecule has 2 atom stereocenters. The van der Waals surface area contributed by atoms with E-state index in [1.165, 1.54) is 0 Å².